The molecule has 2 rings (SSSR count). The number of nitrogens with two attached hydrogens (primary N) is 1. The van der Waals surface area contributed by atoms with Gasteiger partial charge in [-0.2, -0.15) is 11.3 Å². The zero-order valence-corrected chi connectivity index (χ0v) is 9.55. The zero-order valence-electron chi connectivity index (χ0n) is 7.92. The summed E-state index contributed by atoms with van der Waals surface area (Å²) in [5, 5.41) is 4.43. The average Bonchev–Trinajstić information content (AvgIpc) is 2.71. The van der Waals surface area contributed by atoms with Gasteiger partial charge >= 0.3 is 0 Å². The Morgan fingerprint density at radius 1 is 1.47 bits per heavy atom. The minimum absolute atomic E-state index is 0.476. The van der Waals surface area contributed by atoms with E-state index in [9.17, 15) is 4.21 Å². The standard InChI is InChI=1S/C10H10N2OS2/c11-9-2-1-4-12-10(9)15(13)7-8-3-5-14-6-8/h1-6H,7,11H2. The highest BCUT2D eigenvalue weighted by atomic mass is 32.2. The van der Waals surface area contributed by atoms with Gasteiger partial charge in [0.15, 0.2) is 0 Å². The Morgan fingerprint density at radius 2 is 2.33 bits per heavy atom. The molecule has 1 atom stereocenters. The van der Waals surface area contributed by atoms with Crippen molar-refractivity contribution in [1.29, 1.82) is 0 Å². The fourth-order valence-electron chi connectivity index (χ4n) is 1.19. The van der Waals surface area contributed by atoms with E-state index in [-0.39, 0.29) is 0 Å². The first-order valence-corrected chi connectivity index (χ1v) is 6.63. The van der Waals surface area contributed by atoms with Gasteiger partial charge in [0.25, 0.3) is 0 Å². The molecule has 78 valence electrons. The van der Waals surface area contributed by atoms with Crippen LogP contribution in [-0.4, -0.2) is 9.19 Å². The third kappa shape index (κ3) is 2.43. The highest BCUT2D eigenvalue weighted by Gasteiger charge is 2.09. The minimum Gasteiger partial charge on any atom is -0.396 e. The lowest BCUT2D eigenvalue weighted by Crippen LogP contribution is -2.02. The maximum Gasteiger partial charge on any atom is 0.150 e. The van der Waals surface area contributed by atoms with Crippen LogP contribution in [0.25, 0.3) is 0 Å². The molecular formula is C10H10N2OS2. The Hall–Kier alpha value is -1.20. The number of hydrogen-bond acceptors (Lipinski definition) is 4. The number of aromatic nitrogens is 1. The van der Waals surface area contributed by atoms with Gasteiger partial charge in [-0.3, -0.25) is 4.21 Å². The first-order valence-electron chi connectivity index (χ1n) is 4.37. The summed E-state index contributed by atoms with van der Waals surface area (Å²) in [5.41, 5.74) is 7.25. The monoisotopic (exact) mass is 238 g/mol. The minimum atomic E-state index is -1.15. The Morgan fingerprint density at radius 3 is 3.00 bits per heavy atom. The van der Waals surface area contributed by atoms with E-state index in [1.165, 1.54) is 0 Å². The number of rotatable bonds is 3. The van der Waals surface area contributed by atoms with E-state index in [1.807, 2.05) is 16.8 Å². The van der Waals surface area contributed by atoms with Crippen LogP contribution in [0, 0.1) is 0 Å². The van der Waals surface area contributed by atoms with Crippen molar-refractivity contribution < 1.29 is 4.21 Å². The lowest BCUT2D eigenvalue weighted by Gasteiger charge is -2.02. The van der Waals surface area contributed by atoms with Gasteiger partial charge in [-0.25, -0.2) is 4.98 Å². The van der Waals surface area contributed by atoms with Crippen LogP contribution in [0.15, 0.2) is 40.2 Å². The lowest BCUT2D eigenvalue weighted by atomic mass is 10.4. The van der Waals surface area contributed by atoms with Crippen LogP contribution in [0.5, 0.6) is 0 Å². The summed E-state index contributed by atoms with van der Waals surface area (Å²) in [6.07, 6.45) is 1.61. The summed E-state index contributed by atoms with van der Waals surface area (Å²) < 4.78 is 11.9. The van der Waals surface area contributed by atoms with Crippen molar-refractivity contribution in [2.45, 2.75) is 10.8 Å². The van der Waals surface area contributed by atoms with E-state index < -0.39 is 10.8 Å². The SMILES string of the molecule is Nc1cccnc1S(=O)Cc1ccsc1. The van der Waals surface area contributed by atoms with Gasteiger partial charge in [0.05, 0.1) is 22.2 Å². The molecule has 0 aliphatic heterocycles. The molecule has 1 unspecified atom stereocenters. The predicted octanol–water partition coefficient (Wildman–Crippen LogP) is 2.03. The van der Waals surface area contributed by atoms with Gasteiger partial charge in [-0.05, 0) is 34.5 Å². The molecule has 0 fully saturated rings. The molecule has 0 amide bonds. The van der Waals surface area contributed by atoms with Crippen molar-refractivity contribution in [1.82, 2.24) is 4.98 Å². The molecule has 0 radical (unpaired) electrons. The van der Waals surface area contributed by atoms with E-state index in [1.54, 1.807) is 29.7 Å². The van der Waals surface area contributed by atoms with Crippen LogP contribution in [0.1, 0.15) is 5.56 Å². The number of nitrogens with zero attached hydrogens (tertiary/aromatic N) is 1. The highest BCUT2D eigenvalue weighted by molar-refractivity contribution is 7.84. The van der Waals surface area contributed by atoms with Crippen LogP contribution in [-0.2, 0) is 16.6 Å². The van der Waals surface area contributed by atoms with E-state index in [0.29, 0.717) is 16.5 Å². The van der Waals surface area contributed by atoms with E-state index >= 15 is 0 Å². The molecule has 2 heterocycles. The topological polar surface area (TPSA) is 56.0 Å². The lowest BCUT2D eigenvalue weighted by molar-refractivity contribution is 0.680. The Labute approximate surface area is 94.4 Å². The molecule has 0 saturated carbocycles. The summed E-state index contributed by atoms with van der Waals surface area (Å²) in [6.45, 7) is 0. The molecule has 0 bridgehead atoms. The smallest absolute Gasteiger partial charge is 0.150 e. The Kier molecular flexibility index (Phi) is 3.13. The summed E-state index contributed by atoms with van der Waals surface area (Å²) >= 11 is 1.59. The molecule has 0 saturated heterocycles. The van der Waals surface area contributed by atoms with Crippen molar-refractivity contribution in [3.8, 4) is 0 Å². The van der Waals surface area contributed by atoms with Crippen molar-refractivity contribution in [3.05, 3.63) is 40.7 Å². The van der Waals surface area contributed by atoms with Crippen molar-refractivity contribution in [3.63, 3.8) is 0 Å². The molecular weight excluding hydrogens is 228 g/mol. The summed E-state index contributed by atoms with van der Waals surface area (Å²) in [7, 11) is -1.15. The van der Waals surface area contributed by atoms with Gasteiger partial charge in [0.1, 0.15) is 5.03 Å². The largest absolute Gasteiger partial charge is 0.396 e. The molecule has 2 aromatic rings. The molecule has 3 nitrogen and oxygen atoms in total. The van der Waals surface area contributed by atoms with Crippen LogP contribution in [0.3, 0.4) is 0 Å². The second kappa shape index (κ2) is 4.55. The second-order valence-corrected chi connectivity index (χ2v) is 5.17. The van der Waals surface area contributed by atoms with E-state index in [4.69, 9.17) is 5.73 Å². The van der Waals surface area contributed by atoms with Gasteiger partial charge < -0.3 is 5.73 Å². The number of anilines is 1. The normalized spacial score (nSPS) is 12.5. The van der Waals surface area contributed by atoms with Crippen molar-refractivity contribution >= 4 is 27.8 Å². The maximum atomic E-state index is 11.9. The molecule has 0 aliphatic rings. The third-order valence-electron chi connectivity index (χ3n) is 1.89. The first kappa shape index (κ1) is 10.3. The second-order valence-electron chi connectivity index (χ2n) is 3.02. The average molecular weight is 238 g/mol. The summed E-state index contributed by atoms with van der Waals surface area (Å²) in [6, 6.07) is 5.41. The van der Waals surface area contributed by atoms with Crippen LogP contribution < -0.4 is 5.73 Å². The van der Waals surface area contributed by atoms with Crippen molar-refractivity contribution in [2.24, 2.45) is 0 Å². The molecule has 0 aliphatic carbocycles. The molecule has 2 aromatic heterocycles. The molecule has 15 heavy (non-hydrogen) atoms. The van der Waals surface area contributed by atoms with Gasteiger partial charge in [0, 0.05) is 6.20 Å². The Bertz CT molecular complexity index is 468. The first-order chi connectivity index (χ1) is 7.27. The van der Waals surface area contributed by atoms with Crippen molar-refractivity contribution in [2.75, 3.05) is 5.73 Å². The maximum absolute atomic E-state index is 11.9. The van der Waals surface area contributed by atoms with Crippen LogP contribution >= 0.6 is 11.3 Å². The third-order valence-corrected chi connectivity index (χ3v) is 3.99. The fraction of sp³-hybridized carbons (Fsp3) is 0.100. The predicted molar refractivity (Wildman–Crippen MR) is 63.1 cm³/mol. The van der Waals surface area contributed by atoms with E-state index in [2.05, 4.69) is 4.98 Å². The van der Waals surface area contributed by atoms with Gasteiger partial charge in [-0.15, -0.1) is 0 Å². The summed E-state index contributed by atoms with van der Waals surface area (Å²) in [4.78, 5) is 4.04. The fourth-order valence-corrected chi connectivity index (χ4v) is 3.09. The van der Waals surface area contributed by atoms with Crippen LogP contribution in [0.2, 0.25) is 0 Å². The van der Waals surface area contributed by atoms with E-state index in [0.717, 1.165) is 5.56 Å². The summed E-state index contributed by atoms with van der Waals surface area (Å²) in [5.74, 6) is 0.477. The number of hydrogen-bond donors (Lipinski definition) is 1. The number of thiophene rings is 1. The van der Waals surface area contributed by atoms with Gasteiger partial charge in [0.2, 0.25) is 0 Å². The molecule has 0 spiro atoms. The number of nitrogen functional groups attached to an aromatic ring is 1. The number of pyridine rings is 1. The highest BCUT2D eigenvalue weighted by Crippen LogP contribution is 2.17. The molecule has 5 heteroatoms. The zero-order chi connectivity index (χ0) is 10.7. The van der Waals surface area contributed by atoms with Crippen LogP contribution in [0.4, 0.5) is 5.69 Å². The molecule has 0 aromatic carbocycles. The van der Waals surface area contributed by atoms with Gasteiger partial charge in [-0.1, -0.05) is 0 Å². The molecule has 2 N–H and O–H groups in total. The quantitative estimate of drug-likeness (QED) is 0.890. The Balaban J connectivity index is 2.19.